The molecule has 24 heavy (non-hydrogen) atoms. The molecule has 1 rings (SSSR count). The Bertz CT molecular complexity index is 481. The van der Waals surface area contributed by atoms with Gasteiger partial charge < -0.3 is 15.4 Å². The van der Waals surface area contributed by atoms with Crippen molar-refractivity contribution in [2.45, 2.75) is 26.1 Å². The van der Waals surface area contributed by atoms with Crippen LogP contribution in [-0.4, -0.2) is 38.4 Å². The molecule has 0 spiro atoms. The van der Waals surface area contributed by atoms with Gasteiger partial charge in [-0.15, -0.1) is 24.0 Å². The third kappa shape index (κ3) is 11.4. The van der Waals surface area contributed by atoms with Crippen molar-refractivity contribution in [2.24, 2.45) is 4.99 Å². The molecule has 0 atom stereocenters. The Morgan fingerprint density at radius 3 is 2.42 bits per heavy atom. The van der Waals surface area contributed by atoms with E-state index in [0.29, 0.717) is 32.0 Å². The zero-order chi connectivity index (χ0) is 17.1. The molecule has 0 heterocycles. The SMILES string of the molecule is CCNC(=NCc1ccc(F)cc1)NCCCOCC(F)(F)F.I. The molecule has 0 radical (unpaired) electrons. The van der Waals surface area contributed by atoms with E-state index in [4.69, 9.17) is 0 Å². The number of alkyl halides is 3. The number of aliphatic imine (C=N–C) groups is 1. The lowest BCUT2D eigenvalue weighted by molar-refractivity contribution is -0.173. The quantitative estimate of drug-likeness (QED) is 0.204. The first kappa shape index (κ1) is 22.9. The second-order valence-electron chi connectivity index (χ2n) is 4.77. The monoisotopic (exact) mass is 463 g/mol. The minimum atomic E-state index is -4.29. The molecule has 0 amide bonds. The maximum absolute atomic E-state index is 12.8. The smallest absolute Gasteiger partial charge is 0.372 e. The average Bonchev–Trinajstić information content (AvgIpc) is 2.48. The topological polar surface area (TPSA) is 45.7 Å². The summed E-state index contributed by atoms with van der Waals surface area (Å²) in [6, 6.07) is 6.02. The first-order valence-corrected chi connectivity index (χ1v) is 7.32. The van der Waals surface area contributed by atoms with Crippen LogP contribution in [0.5, 0.6) is 0 Å². The summed E-state index contributed by atoms with van der Waals surface area (Å²) in [5, 5.41) is 6.03. The lowest BCUT2D eigenvalue weighted by Crippen LogP contribution is -2.38. The highest BCUT2D eigenvalue weighted by molar-refractivity contribution is 14.0. The summed E-state index contributed by atoms with van der Waals surface area (Å²) in [5.74, 6) is 0.245. The molecule has 1 aromatic rings. The Balaban J connectivity index is 0.00000529. The minimum absolute atomic E-state index is 0. The molecule has 0 aliphatic carbocycles. The lowest BCUT2D eigenvalue weighted by Gasteiger charge is -2.12. The van der Waals surface area contributed by atoms with Gasteiger partial charge >= 0.3 is 6.18 Å². The Hall–Kier alpha value is -1.10. The van der Waals surface area contributed by atoms with Gasteiger partial charge in [0.1, 0.15) is 12.4 Å². The molecular weight excluding hydrogens is 441 g/mol. The van der Waals surface area contributed by atoms with E-state index in [1.165, 1.54) is 12.1 Å². The van der Waals surface area contributed by atoms with Gasteiger partial charge in [-0.2, -0.15) is 13.2 Å². The second-order valence-corrected chi connectivity index (χ2v) is 4.77. The van der Waals surface area contributed by atoms with E-state index in [0.717, 1.165) is 5.56 Å². The fourth-order valence-corrected chi connectivity index (χ4v) is 1.67. The number of hydrogen-bond donors (Lipinski definition) is 2. The lowest BCUT2D eigenvalue weighted by atomic mass is 10.2. The van der Waals surface area contributed by atoms with Gasteiger partial charge in [0, 0.05) is 19.7 Å². The number of hydrogen-bond acceptors (Lipinski definition) is 2. The predicted molar refractivity (Wildman–Crippen MR) is 96.1 cm³/mol. The zero-order valence-electron chi connectivity index (χ0n) is 13.3. The van der Waals surface area contributed by atoms with E-state index < -0.39 is 12.8 Å². The molecule has 0 saturated heterocycles. The highest BCUT2D eigenvalue weighted by Crippen LogP contribution is 2.14. The summed E-state index contributed by atoms with van der Waals surface area (Å²) in [7, 11) is 0. The number of halogens is 5. The molecule has 138 valence electrons. The number of benzene rings is 1. The van der Waals surface area contributed by atoms with Crippen molar-refractivity contribution in [2.75, 3.05) is 26.3 Å². The van der Waals surface area contributed by atoms with Crippen molar-refractivity contribution in [3.05, 3.63) is 35.6 Å². The van der Waals surface area contributed by atoms with Crippen molar-refractivity contribution in [3.8, 4) is 0 Å². The fraction of sp³-hybridized carbons (Fsp3) is 0.533. The van der Waals surface area contributed by atoms with Gasteiger partial charge in [-0.05, 0) is 31.0 Å². The highest BCUT2D eigenvalue weighted by Gasteiger charge is 2.27. The maximum Gasteiger partial charge on any atom is 0.411 e. The summed E-state index contributed by atoms with van der Waals surface area (Å²) in [6.07, 6.45) is -3.87. The Morgan fingerprint density at radius 2 is 1.83 bits per heavy atom. The molecule has 0 aromatic heterocycles. The van der Waals surface area contributed by atoms with Gasteiger partial charge in [0.05, 0.1) is 6.54 Å². The van der Waals surface area contributed by atoms with E-state index in [-0.39, 0.29) is 36.4 Å². The largest absolute Gasteiger partial charge is 0.411 e. The van der Waals surface area contributed by atoms with E-state index in [9.17, 15) is 17.6 Å². The number of rotatable bonds is 8. The molecule has 0 saturated carbocycles. The molecule has 2 N–H and O–H groups in total. The highest BCUT2D eigenvalue weighted by atomic mass is 127. The van der Waals surface area contributed by atoms with E-state index in [1.807, 2.05) is 6.92 Å². The van der Waals surface area contributed by atoms with Crippen LogP contribution in [0.1, 0.15) is 18.9 Å². The van der Waals surface area contributed by atoms with Crippen LogP contribution in [0.15, 0.2) is 29.3 Å². The second kappa shape index (κ2) is 12.3. The third-order valence-electron chi connectivity index (χ3n) is 2.70. The molecule has 0 aliphatic heterocycles. The van der Waals surface area contributed by atoms with Gasteiger partial charge in [0.25, 0.3) is 0 Å². The number of guanidine groups is 1. The van der Waals surface area contributed by atoms with Crippen molar-refractivity contribution < 1.29 is 22.3 Å². The number of nitrogens with one attached hydrogen (secondary N) is 2. The van der Waals surface area contributed by atoms with Crippen LogP contribution >= 0.6 is 24.0 Å². The zero-order valence-corrected chi connectivity index (χ0v) is 15.7. The molecule has 0 aliphatic rings. The van der Waals surface area contributed by atoms with Crippen molar-refractivity contribution >= 4 is 29.9 Å². The summed E-state index contributed by atoms with van der Waals surface area (Å²) in [4.78, 5) is 4.32. The maximum atomic E-state index is 12.8. The molecule has 4 nitrogen and oxygen atoms in total. The molecular formula is C15H22F4IN3O. The first-order chi connectivity index (χ1) is 10.9. The van der Waals surface area contributed by atoms with Crippen LogP contribution in [0.3, 0.4) is 0 Å². The van der Waals surface area contributed by atoms with Crippen molar-refractivity contribution in [1.82, 2.24) is 10.6 Å². The van der Waals surface area contributed by atoms with Crippen LogP contribution in [0.25, 0.3) is 0 Å². The fourth-order valence-electron chi connectivity index (χ4n) is 1.67. The molecule has 1 aromatic carbocycles. The van der Waals surface area contributed by atoms with E-state index >= 15 is 0 Å². The Kier molecular flexibility index (Phi) is 11.7. The van der Waals surface area contributed by atoms with E-state index in [1.54, 1.807) is 12.1 Å². The number of ether oxygens (including phenoxy) is 1. The van der Waals surface area contributed by atoms with Gasteiger partial charge in [0.15, 0.2) is 5.96 Å². The van der Waals surface area contributed by atoms with Gasteiger partial charge in [0.2, 0.25) is 0 Å². The molecule has 0 fully saturated rings. The average molecular weight is 463 g/mol. The summed E-state index contributed by atoms with van der Waals surface area (Å²) < 4.78 is 53.0. The van der Waals surface area contributed by atoms with Crippen molar-refractivity contribution in [3.63, 3.8) is 0 Å². The van der Waals surface area contributed by atoms with Crippen LogP contribution in [0.2, 0.25) is 0 Å². The van der Waals surface area contributed by atoms with E-state index in [2.05, 4.69) is 20.4 Å². The van der Waals surface area contributed by atoms with Crippen LogP contribution in [0, 0.1) is 5.82 Å². The van der Waals surface area contributed by atoms with Crippen LogP contribution < -0.4 is 10.6 Å². The van der Waals surface area contributed by atoms with Gasteiger partial charge in [-0.3, -0.25) is 0 Å². The number of nitrogens with zero attached hydrogens (tertiary/aromatic N) is 1. The third-order valence-corrected chi connectivity index (χ3v) is 2.70. The summed E-state index contributed by atoms with van der Waals surface area (Å²) in [6.45, 7) is 2.16. The standard InChI is InChI=1S/C15H21F4N3O.HI/c1-2-20-14(21-8-3-9-23-11-15(17,18)19)22-10-12-4-6-13(16)7-5-12;/h4-7H,2-3,8-11H2,1H3,(H2,20,21,22);1H. The Labute approximate surface area is 156 Å². The minimum Gasteiger partial charge on any atom is -0.372 e. The summed E-state index contributed by atoms with van der Waals surface area (Å²) in [5.41, 5.74) is 0.858. The van der Waals surface area contributed by atoms with Crippen LogP contribution in [-0.2, 0) is 11.3 Å². The molecule has 0 unspecified atom stereocenters. The first-order valence-electron chi connectivity index (χ1n) is 7.32. The predicted octanol–water partition coefficient (Wildman–Crippen LogP) is 3.47. The molecule has 9 heteroatoms. The van der Waals surface area contributed by atoms with Gasteiger partial charge in [-0.1, -0.05) is 12.1 Å². The summed E-state index contributed by atoms with van der Waals surface area (Å²) >= 11 is 0. The normalized spacial score (nSPS) is 11.8. The Morgan fingerprint density at radius 1 is 1.17 bits per heavy atom. The molecule has 0 bridgehead atoms. The van der Waals surface area contributed by atoms with Crippen LogP contribution in [0.4, 0.5) is 17.6 Å². The van der Waals surface area contributed by atoms with Crippen molar-refractivity contribution in [1.29, 1.82) is 0 Å². The van der Waals surface area contributed by atoms with Gasteiger partial charge in [-0.25, -0.2) is 9.38 Å².